The Labute approximate surface area is 226 Å². The summed E-state index contributed by atoms with van der Waals surface area (Å²) in [5.74, 6) is -56.1. The van der Waals surface area contributed by atoms with E-state index in [1.54, 1.807) is 0 Å². The summed E-state index contributed by atoms with van der Waals surface area (Å²) in [4.78, 5) is 0. The molecule has 0 fully saturated rings. The van der Waals surface area contributed by atoms with Crippen molar-refractivity contribution in [1.29, 1.82) is 0 Å². The van der Waals surface area contributed by atoms with Crippen LogP contribution in [0.15, 0.2) is 18.7 Å². The maximum Gasteiger partial charge on any atom is 0.460 e. The monoisotopic (exact) mass is 726 g/mol. The molecular weight excluding hydrogens is 706 g/mol. The molecule has 0 unspecified atom stereocenters. The van der Waals surface area contributed by atoms with Crippen molar-refractivity contribution in [3.8, 4) is 0 Å². The Morgan fingerprint density at radius 1 is 0.590 bits per heavy atom. The number of imidazole rings is 1. The van der Waals surface area contributed by atoms with Crippen LogP contribution in [-0.2, 0) is 13.1 Å². The first-order valence-electron chi connectivity index (χ1n) is 10.5. The van der Waals surface area contributed by atoms with Crippen LogP contribution in [0, 0.1) is 0 Å². The van der Waals surface area contributed by atoms with Crippen LogP contribution in [0.25, 0.3) is 0 Å². The van der Waals surface area contributed by atoms with Crippen LogP contribution in [-0.4, -0.2) is 52.2 Å². The number of unbranched alkanes of at least 4 members (excludes halogenated alkanes) is 3. The van der Waals surface area contributed by atoms with Crippen LogP contribution >= 0.6 is 0 Å². The van der Waals surface area contributed by atoms with E-state index in [1.165, 1.54) is 10.8 Å². The van der Waals surface area contributed by atoms with E-state index in [0.29, 0.717) is 11.0 Å². The lowest BCUT2D eigenvalue weighted by Crippen LogP contribution is -3.00. The highest BCUT2D eigenvalue weighted by molar-refractivity contribution is 5.15. The van der Waals surface area contributed by atoms with Crippen molar-refractivity contribution in [1.82, 2.24) is 4.57 Å². The quantitative estimate of drug-likeness (QED) is 0.113. The molecule has 20 heteroatoms. The van der Waals surface area contributed by atoms with Gasteiger partial charge >= 0.3 is 47.6 Å². The summed E-state index contributed by atoms with van der Waals surface area (Å²) in [5, 5.41) is 0. The van der Waals surface area contributed by atoms with E-state index in [2.05, 4.69) is 0 Å². The zero-order chi connectivity index (χ0) is 30.2. The summed E-state index contributed by atoms with van der Waals surface area (Å²) >= 11 is 0. The lowest BCUT2D eigenvalue weighted by atomic mass is 9.88. The van der Waals surface area contributed by atoms with Crippen molar-refractivity contribution < 1.29 is 103 Å². The number of hydrogen-bond acceptors (Lipinski definition) is 0. The molecule has 1 aromatic rings. The van der Waals surface area contributed by atoms with Crippen molar-refractivity contribution in [3.63, 3.8) is 0 Å². The highest BCUT2D eigenvalue weighted by Gasteiger charge is 2.95. The van der Waals surface area contributed by atoms with Crippen LogP contribution < -0.4 is 28.5 Å². The minimum atomic E-state index is -8.61. The molecule has 0 saturated heterocycles. The van der Waals surface area contributed by atoms with Crippen molar-refractivity contribution in [2.24, 2.45) is 0 Å². The largest absolute Gasteiger partial charge is 1.00 e. The van der Waals surface area contributed by atoms with Gasteiger partial charge in [-0.15, -0.1) is 0 Å². The molecule has 0 atom stereocenters. The second kappa shape index (κ2) is 11.9. The van der Waals surface area contributed by atoms with Gasteiger partial charge in [0.05, 0.1) is 19.5 Å². The Hall–Kier alpha value is -1.25. The highest BCUT2D eigenvalue weighted by Crippen LogP contribution is 2.64. The minimum Gasteiger partial charge on any atom is -1.00 e. The first kappa shape index (κ1) is 37.8. The molecule has 0 aromatic carbocycles. The van der Waals surface area contributed by atoms with E-state index in [4.69, 9.17) is 0 Å². The highest BCUT2D eigenvalue weighted by atomic mass is 127. The number of aryl methyl sites for hydroxylation is 2. The number of nitrogens with zero attached hydrogens (tertiary/aromatic N) is 2. The van der Waals surface area contributed by atoms with Gasteiger partial charge in [-0.05, 0) is 12.8 Å². The average Bonchev–Trinajstić information content (AvgIpc) is 3.21. The van der Waals surface area contributed by atoms with E-state index >= 15 is 0 Å². The molecule has 1 rings (SSSR count). The second-order valence-electron chi connectivity index (χ2n) is 8.35. The van der Waals surface area contributed by atoms with E-state index in [-0.39, 0.29) is 30.5 Å². The molecular formula is C19H20F17IN2. The van der Waals surface area contributed by atoms with Crippen LogP contribution in [0.1, 0.15) is 39.0 Å². The predicted molar refractivity (Wildman–Crippen MR) is 94.1 cm³/mol. The Balaban J connectivity index is 0.0000144. The van der Waals surface area contributed by atoms with E-state index in [1.807, 2.05) is 6.92 Å². The fraction of sp³-hybridized carbons (Fsp3) is 0.842. The summed E-state index contributed by atoms with van der Waals surface area (Å²) in [6.07, 6.45) is -4.08. The van der Waals surface area contributed by atoms with Crippen molar-refractivity contribution in [2.45, 2.75) is 99.8 Å². The second-order valence-corrected chi connectivity index (χ2v) is 8.35. The summed E-state index contributed by atoms with van der Waals surface area (Å²) in [7, 11) is 0. The lowest BCUT2D eigenvalue weighted by molar-refractivity contribution is -0.696. The molecule has 0 aliphatic carbocycles. The van der Waals surface area contributed by atoms with Gasteiger partial charge in [0.25, 0.3) is 0 Å². The van der Waals surface area contributed by atoms with Gasteiger partial charge in [-0.2, -0.15) is 74.6 Å². The third kappa shape index (κ3) is 6.48. The molecule has 1 heterocycles. The SMILES string of the molecule is CCCCCC[n+]1ccn(CCC(F)(F)C(F)(F)C(F)(F)C(F)(F)C(F)(F)C(F)(F)C(F)(F)C(F)(F)F)c1.[I-]. The molecule has 0 saturated carbocycles. The molecule has 2 nitrogen and oxygen atoms in total. The van der Waals surface area contributed by atoms with Crippen molar-refractivity contribution in [3.05, 3.63) is 18.7 Å². The number of rotatable bonds is 14. The molecule has 1 aromatic heterocycles. The summed E-state index contributed by atoms with van der Waals surface area (Å²) < 4.78 is 228. The first-order valence-corrected chi connectivity index (χ1v) is 10.5. The minimum absolute atomic E-state index is 0. The van der Waals surface area contributed by atoms with Crippen LogP contribution in [0.4, 0.5) is 74.6 Å². The fourth-order valence-corrected chi connectivity index (χ4v) is 3.05. The van der Waals surface area contributed by atoms with Gasteiger partial charge in [-0.3, -0.25) is 0 Å². The third-order valence-corrected chi connectivity index (χ3v) is 5.49. The predicted octanol–water partition coefficient (Wildman–Crippen LogP) is 4.76. The van der Waals surface area contributed by atoms with E-state index < -0.39 is 60.6 Å². The van der Waals surface area contributed by atoms with Gasteiger partial charge in [0, 0.05) is 0 Å². The Morgan fingerprint density at radius 2 is 1.03 bits per heavy atom. The zero-order valence-electron chi connectivity index (χ0n) is 19.4. The number of aromatic nitrogens is 2. The maximum atomic E-state index is 14.0. The molecule has 0 N–H and O–H groups in total. The zero-order valence-corrected chi connectivity index (χ0v) is 21.5. The topological polar surface area (TPSA) is 8.81 Å². The average molecular weight is 726 g/mol. The molecule has 0 aliphatic rings. The van der Waals surface area contributed by atoms with Crippen LogP contribution in [0.3, 0.4) is 0 Å². The molecule has 39 heavy (non-hydrogen) atoms. The standard InChI is InChI=1S/C19H20F17N2.HI/c1-2-3-4-5-7-37-9-10-38(11-37)8-6-12(20,21)13(22,23)14(24,25)15(26,27)16(28,29)17(30,31)18(32,33)19(34,35)36;/h9-11H,2-8H2,1H3;1H/q+1;/p-1. The van der Waals surface area contributed by atoms with E-state index in [0.717, 1.165) is 31.8 Å². The van der Waals surface area contributed by atoms with E-state index in [9.17, 15) is 74.6 Å². The molecule has 232 valence electrons. The normalized spacial score (nSPS) is 14.9. The fourth-order valence-electron chi connectivity index (χ4n) is 3.05. The van der Waals surface area contributed by atoms with Gasteiger partial charge < -0.3 is 24.0 Å². The number of halogens is 18. The van der Waals surface area contributed by atoms with Crippen LogP contribution in [0.2, 0.25) is 0 Å². The molecule has 0 radical (unpaired) electrons. The summed E-state index contributed by atoms with van der Waals surface area (Å²) in [5.41, 5.74) is 0. The first-order chi connectivity index (χ1) is 16.8. The van der Waals surface area contributed by atoms with Gasteiger partial charge in [-0.25, -0.2) is 9.13 Å². The molecule has 0 bridgehead atoms. The van der Waals surface area contributed by atoms with Crippen molar-refractivity contribution in [2.75, 3.05) is 0 Å². The van der Waals surface area contributed by atoms with Crippen LogP contribution in [0.5, 0.6) is 0 Å². The Bertz CT molecular complexity index is 923. The van der Waals surface area contributed by atoms with Gasteiger partial charge in [0.1, 0.15) is 12.4 Å². The third-order valence-electron chi connectivity index (χ3n) is 5.49. The maximum absolute atomic E-state index is 14.0. The lowest BCUT2D eigenvalue weighted by Gasteiger charge is -2.42. The Kier molecular flexibility index (Phi) is 11.5. The summed E-state index contributed by atoms with van der Waals surface area (Å²) in [6.45, 7) is 0.837. The van der Waals surface area contributed by atoms with Gasteiger partial charge in [0.2, 0.25) is 6.33 Å². The van der Waals surface area contributed by atoms with Gasteiger partial charge in [-0.1, -0.05) is 19.8 Å². The molecule has 0 amide bonds. The number of hydrogen-bond donors (Lipinski definition) is 0. The van der Waals surface area contributed by atoms with Crippen molar-refractivity contribution >= 4 is 0 Å². The smallest absolute Gasteiger partial charge is 0.460 e. The summed E-state index contributed by atoms with van der Waals surface area (Å²) in [6, 6.07) is 0. The molecule has 0 spiro atoms. The van der Waals surface area contributed by atoms with Gasteiger partial charge in [0.15, 0.2) is 0 Å². The Morgan fingerprint density at radius 3 is 1.46 bits per heavy atom. The number of alkyl halides is 17. The molecule has 0 aliphatic heterocycles.